The van der Waals surface area contributed by atoms with Crippen LogP contribution in [0.15, 0.2) is 182 Å². The Labute approximate surface area is 281 Å². The third-order valence-corrected chi connectivity index (χ3v) is 19.5. The third kappa shape index (κ3) is 9.32. The van der Waals surface area contributed by atoms with Crippen molar-refractivity contribution < 1.29 is 0 Å². The van der Waals surface area contributed by atoms with Crippen LogP contribution in [-0.2, 0) is 0 Å². The molecule has 0 radical (unpaired) electrons. The second kappa shape index (κ2) is 17.8. The molecule has 0 aromatic heterocycles. The van der Waals surface area contributed by atoms with E-state index in [1.165, 1.54) is 58.2 Å². The van der Waals surface area contributed by atoms with Crippen LogP contribution in [0, 0.1) is 0 Å². The van der Waals surface area contributed by atoms with Crippen molar-refractivity contribution in [2.45, 2.75) is 0 Å². The standard InChI is InChI=1S/C42H42P4/c1-7-19-37(20-8-1)43(33-35-45(39-23-11-3-12-24-39)40-25-13-4-14-26-40)31-32-44(38-21-9-2-10-22-38)34-36-46(41-27-15-5-16-28-41)42-29-17-6-18-30-42/h1-30H,31-36H2. The molecule has 0 N–H and O–H groups in total. The molecule has 6 rings (SSSR count). The predicted molar refractivity (Wildman–Crippen MR) is 213 cm³/mol. The molecule has 6 aromatic rings. The number of hydrogen-bond donors (Lipinski definition) is 0. The molecule has 6 aromatic carbocycles. The van der Waals surface area contributed by atoms with Gasteiger partial charge in [0.2, 0.25) is 0 Å². The highest BCUT2D eigenvalue weighted by molar-refractivity contribution is 7.75. The van der Waals surface area contributed by atoms with Crippen LogP contribution in [0.4, 0.5) is 0 Å². The maximum atomic E-state index is 2.40. The van der Waals surface area contributed by atoms with E-state index in [1.54, 1.807) is 10.6 Å². The Morgan fingerprint density at radius 1 is 0.217 bits per heavy atom. The lowest BCUT2D eigenvalue weighted by Crippen LogP contribution is -2.19. The minimum atomic E-state index is -0.386. The maximum Gasteiger partial charge on any atom is -0.0195 e. The molecule has 0 spiro atoms. The minimum absolute atomic E-state index is 0.268. The van der Waals surface area contributed by atoms with Crippen molar-refractivity contribution >= 4 is 63.5 Å². The highest BCUT2D eigenvalue weighted by Crippen LogP contribution is 2.47. The van der Waals surface area contributed by atoms with Crippen LogP contribution in [0.25, 0.3) is 0 Å². The first-order valence-electron chi connectivity index (χ1n) is 16.2. The van der Waals surface area contributed by atoms with E-state index in [0.717, 1.165) is 0 Å². The summed E-state index contributed by atoms with van der Waals surface area (Å²) in [6, 6.07) is 67.9. The van der Waals surface area contributed by atoms with E-state index in [1.807, 2.05) is 0 Å². The fourth-order valence-corrected chi connectivity index (χ4v) is 17.8. The zero-order chi connectivity index (χ0) is 31.2. The average molecular weight is 671 g/mol. The van der Waals surface area contributed by atoms with Gasteiger partial charge in [-0.3, -0.25) is 0 Å². The van der Waals surface area contributed by atoms with Gasteiger partial charge in [-0.2, -0.15) is 0 Å². The van der Waals surface area contributed by atoms with Crippen molar-refractivity contribution in [3.63, 3.8) is 0 Å². The molecule has 0 heterocycles. The van der Waals surface area contributed by atoms with Crippen molar-refractivity contribution in [3.8, 4) is 0 Å². The molecular formula is C42H42P4. The van der Waals surface area contributed by atoms with Gasteiger partial charge >= 0.3 is 0 Å². The summed E-state index contributed by atoms with van der Waals surface area (Å²) in [4.78, 5) is 0. The highest BCUT2D eigenvalue weighted by atomic mass is 31.1. The fourth-order valence-electron chi connectivity index (χ4n) is 5.95. The fraction of sp³-hybridized carbons (Fsp3) is 0.143. The number of rotatable bonds is 15. The molecule has 0 saturated carbocycles. The van der Waals surface area contributed by atoms with Crippen LogP contribution in [0.3, 0.4) is 0 Å². The highest BCUT2D eigenvalue weighted by Gasteiger charge is 2.22. The Bertz CT molecular complexity index is 1470. The van der Waals surface area contributed by atoms with Gasteiger partial charge in [-0.1, -0.05) is 198 Å². The smallest absolute Gasteiger partial charge is 0.0195 e. The maximum absolute atomic E-state index is 2.40. The summed E-state index contributed by atoms with van der Waals surface area (Å²) in [7, 11) is -1.31. The summed E-state index contributed by atoms with van der Waals surface area (Å²) in [5.74, 6) is 0. The van der Waals surface area contributed by atoms with Crippen LogP contribution in [0.5, 0.6) is 0 Å². The normalized spacial score (nSPS) is 12.7. The first-order valence-corrected chi connectivity index (χ1v) is 22.7. The van der Waals surface area contributed by atoms with Gasteiger partial charge < -0.3 is 0 Å². The molecule has 0 aliphatic carbocycles. The van der Waals surface area contributed by atoms with E-state index in [9.17, 15) is 0 Å². The molecule has 0 aliphatic heterocycles. The first-order chi connectivity index (χ1) is 22.8. The molecule has 0 aliphatic rings. The van der Waals surface area contributed by atoms with Gasteiger partial charge in [0.25, 0.3) is 0 Å². The van der Waals surface area contributed by atoms with Gasteiger partial charge in [-0.25, -0.2) is 0 Å². The summed E-state index contributed by atoms with van der Waals surface area (Å²) < 4.78 is 0. The lowest BCUT2D eigenvalue weighted by Gasteiger charge is -2.27. The molecule has 4 heteroatoms. The second-order valence-electron chi connectivity index (χ2n) is 11.3. The molecule has 0 fully saturated rings. The summed E-state index contributed by atoms with van der Waals surface area (Å²) >= 11 is 0. The molecular weight excluding hydrogens is 628 g/mol. The molecule has 0 nitrogen and oxygen atoms in total. The molecule has 2 atom stereocenters. The third-order valence-electron chi connectivity index (χ3n) is 8.34. The topological polar surface area (TPSA) is 0 Å². The van der Waals surface area contributed by atoms with Crippen molar-refractivity contribution in [3.05, 3.63) is 182 Å². The summed E-state index contributed by atoms with van der Waals surface area (Å²) in [6.45, 7) is 0. The Kier molecular flexibility index (Phi) is 12.8. The summed E-state index contributed by atoms with van der Waals surface area (Å²) in [5.41, 5.74) is 0. The Morgan fingerprint density at radius 2 is 0.413 bits per heavy atom. The van der Waals surface area contributed by atoms with E-state index >= 15 is 0 Å². The summed E-state index contributed by atoms with van der Waals surface area (Å²) in [5, 5.41) is 9.10. The Balaban J connectivity index is 1.22. The second-order valence-corrected chi connectivity index (χ2v) is 20.9. The van der Waals surface area contributed by atoms with Gasteiger partial charge in [-0.05, 0) is 84.6 Å². The molecule has 0 amide bonds. The van der Waals surface area contributed by atoms with E-state index < -0.39 is 0 Å². The van der Waals surface area contributed by atoms with Crippen molar-refractivity contribution in [2.24, 2.45) is 0 Å². The lowest BCUT2D eigenvalue weighted by atomic mass is 10.4. The minimum Gasteiger partial charge on any atom is -0.0746 e. The van der Waals surface area contributed by atoms with Crippen molar-refractivity contribution in [2.75, 3.05) is 37.0 Å². The summed E-state index contributed by atoms with van der Waals surface area (Å²) in [6.07, 6.45) is 7.60. The molecule has 2 unspecified atom stereocenters. The van der Waals surface area contributed by atoms with E-state index in [0.29, 0.717) is 0 Å². The lowest BCUT2D eigenvalue weighted by molar-refractivity contribution is 1.40. The van der Waals surface area contributed by atoms with E-state index in [-0.39, 0.29) is 31.7 Å². The molecule has 230 valence electrons. The van der Waals surface area contributed by atoms with Crippen LogP contribution < -0.4 is 31.8 Å². The molecule has 0 bridgehead atoms. The Hall–Kier alpha value is -2.96. The SMILES string of the molecule is c1ccc(P(CCP(CCP(c2ccccc2)c2ccccc2)c2ccccc2)CCP(c2ccccc2)c2ccccc2)cc1. The molecule has 0 saturated heterocycles. The Morgan fingerprint density at radius 3 is 0.652 bits per heavy atom. The van der Waals surface area contributed by atoms with Crippen LogP contribution in [-0.4, -0.2) is 37.0 Å². The predicted octanol–water partition coefficient (Wildman–Crippen LogP) is 8.87. The largest absolute Gasteiger partial charge is 0.0746 e. The van der Waals surface area contributed by atoms with E-state index in [4.69, 9.17) is 0 Å². The average Bonchev–Trinajstić information content (AvgIpc) is 3.14. The monoisotopic (exact) mass is 670 g/mol. The van der Waals surface area contributed by atoms with Crippen molar-refractivity contribution in [1.29, 1.82) is 0 Å². The first kappa shape index (κ1) is 33.0. The number of hydrogen-bond acceptors (Lipinski definition) is 0. The van der Waals surface area contributed by atoms with Gasteiger partial charge in [-0.15, -0.1) is 0 Å². The van der Waals surface area contributed by atoms with Crippen LogP contribution >= 0.6 is 31.7 Å². The van der Waals surface area contributed by atoms with Gasteiger partial charge in [0.15, 0.2) is 0 Å². The molecule has 46 heavy (non-hydrogen) atoms. The van der Waals surface area contributed by atoms with Crippen molar-refractivity contribution in [1.82, 2.24) is 0 Å². The van der Waals surface area contributed by atoms with Gasteiger partial charge in [0.05, 0.1) is 0 Å². The van der Waals surface area contributed by atoms with E-state index in [2.05, 4.69) is 182 Å². The number of benzene rings is 6. The van der Waals surface area contributed by atoms with Gasteiger partial charge in [0.1, 0.15) is 0 Å². The van der Waals surface area contributed by atoms with Crippen LogP contribution in [0.1, 0.15) is 0 Å². The zero-order valence-corrected chi connectivity index (χ0v) is 29.9. The van der Waals surface area contributed by atoms with Crippen LogP contribution in [0.2, 0.25) is 0 Å². The quantitative estimate of drug-likeness (QED) is 0.0959. The van der Waals surface area contributed by atoms with Gasteiger partial charge in [0, 0.05) is 0 Å². The zero-order valence-electron chi connectivity index (χ0n) is 26.4.